The molecule has 2 aromatic carbocycles. The zero-order chi connectivity index (χ0) is 13.7. The molecule has 0 atom stereocenters. The second-order valence-electron chi connectivity index (χ2n) is 4.14. The van der Waals surface area contributed by atoms with E-state index in [0.29, 0.717) is 11.3 Å². The highest BCUT2D eigenvalue weighted by Gasteiger charge is 1.98. The molecule has 19 heavy (non-hydrogen) atoms. The van der Waals surface area contributed by atoms with Crippen molar-refractivity contribution in [1.82, 2.24) is 4.98 Å². The highest BCUT2D eigenvalue weighted by Crippen LogP contribution is 2.21. The zero-order valence-electron chi connectivity index (χ0n) is 10.6. The number of hydrogen-bond donors (Lipinski definition) is 2. The Bertz CT molecular complexity index is 666. The lowest BCUT2D eigenvalue weighted by molar-refractivity contribution is 0.475. The Morgan fingerprint density at radius 1 is 0.789 bits per heavy atom. The number of aromatic hydroxyl groups is 2. The Morgan fingerprint density at radius 3 is 2.16 bits per heavy atom. The summed E-state index contributed by atoms with van der Waals surface area (Å²) in [6.45, 7) is 1.91. The van der Waals surface area contributed by atoms with Crippen LogP contribution in [0.4, 0.5) is 0 Å². The lowest BCUT2D eigenvalue weighted by Crippen LogP contribution is -1.82. The number of nitrogens with zero attached hydrogens (tertiary/aromatic N) is 1. The first-order valence-electron chi connectivity index (χ1n) is 5.96. The van der Waals surface area contributed by atoms with Crippen LogP contribution < -0.4 is 0 Å². The number of hydrogen-bond acceptors (Lipinski definition) is 3. The van der Waals surface area contributed by atoms with Crippen molar-refractivity contribution in [2.24, 2.45) is 0 Å². The highest BCUT2D eigenvalue weighted by atomic mass is 16.3. The molecule has 3 rings (SSSR count). The van der Waals surface area contributed by atoms with Crippen LogP contribution in [0.2, 0.25) is 0 Å². The Labute approximate surface area is 111 Å². The molecule has 0 aliphatic rings. The van der Waals surface area contributed by atoms with Gasteiger partial charge in [0.15, 0.2) is 0 Å². The summed E-state index contributed by atoms with van der Waals surface area (Å²) in [7, 11) is 0. The molecule has 0 bridgehead atoms. The van der Waals surface area contributed by atoms with Crippen molar-refractivity contribution in [3.05, 3.63) is 66.4 Å². The predicted molar refractivity (Wildman–Crippen MR) is 76.3 cm³/mol. The molecule has 0 spiro atoms. The van der Waals surface area contributed by atoms with Crippen molar-refractivity contribution in [3.63, 3.8) is 0 Å². The minimum atomic E-state index is 0.246. The predicted octanol–water partition coefficient (Wildman–Crippen LogP) is 3.64. The van der Waals surface area contributed by atoms with Crippen LogP contribution in [0, 0.1) is 6.92 Å². The zero-order valence-corrected chi connectivity index (χ0v) is 10.6. The minimum Gasteiger partial charge on any atom is -0.508 e. The molecular weight excluding hydrogens is 238 g/mol. The molecule has 2 N–H and O–H groups in total. The maximum absolute atomic E-state index is 9.43. The molecule has 0 saturated carbocycles. The molecule has 3 nitrogen and oxygen atoms in total. The van der Waals surface area contributed by atoms with Gasteiger partial charge in [-0.1, -0.05) is 36.4 Å². The first-order chi connectivity index (χ1) is 9.16. The van der Waals surface area contributed by atoms with Gasteiger partial charge in [-0.05, 0) is 31.2 Å². The van der Waals surface area contributed by atoms with Crippen LogP contribution in [0.15, 0.2) is 60.7 Å². The SMILES string of the molecule is Cc1ccc2cccc(O)c2n1.Oc1ccccc1. The Kier molecular flexibility index (Phi) is 3.98. The standard InChI is InChI=1S/C10H9NO.C6H6O/c1-7-5-6-8-3-2-4-9(12)10(8)11-7;7-6-4-2-1-3-5-6/h2-6,12H,1H3;1-5,7H. The fraction of sp³-hybridized carbons (Fsp3) is 0.0625. The molecule has 96 valence electrons. The third-order valence-corrected chi connectivity index (χ3v) is 2.59. The molecule has 0 amide bonds. The van der Waals surface area contributed by atoms with Gasteiger partial charge in [-0.2, -0.15) is 0 Å². The number of aromatic nitrogens is 1. The maximum Gasteiger partial charge on any atom is 0.141 e. The molecule has 0 aliphatic carbocycles. The van der Waals surface area contributed by atoms with E-state index in [4.69, 9.17) is 5.11 Å². The van der Waals surface area contributed by atoms with E-state index in [0.717, 1.165) is 11.1 Å². The normalized spacial score (nSPS) is 9.74. The Morgan fingerprint density at radius 2 is 1.53 bits per heavy atom. The molecule has 0 radical (unpaired) electrons. The van der Waals surface area contributed by atoms with Gasteiger partial charge in [0, 0.05) is 11.1 Å². The summed E-state index contributed by atoms with van der Waals surface area (Å²) in [4.78, 5) is 4.23. The fourth-order valence-electron chi connectivity index (χ4n) is 1.66. The number of fused-ring (bicyclic) bond motifs is 1. The largest absolute Gasteiger partial charge is 0.508 e. The summed E-state index contributed by atoms with van der Waals surface area (Å²) in [6, 6.07) is 18.0. The van der Waals surface area contributed by atoms with Crippen molar-refractivity contribution < 1.29 is 10.2 Å². The van der Waals surface area contributed by atoms with E-state index in [9.17, 15) is 5.11 Å². The van der Waals surface area contributed by atoms with Crippen LogP contribution >= 0.6 is 0 Å². The van der Waals surface area contributed by atoms with Gasteiger partial charge in [0.05, 0.1) is 0 Å². The molecule has 3 heteroatoms. The number of pyridine rings is 1. The van der Waals surface area contributed by atoms with Gasteiger partial charge < -0.3 is 10.2 Å². The van der Waals surface area contributed by atoms with Crippen molar-refractivity contribution in [1.29, 1.82) is 0 Å². The van der Waals surface area contributed by atoms with Crippen molar-refractivity contribution in [2.75, 3.05) is 0 Å². The maximum atomic E-state index is 9.43. The van der Waals surface area contributed by atoms with Crippen molar-refractivity contribution >= 4 is 10.9 Å². The van der Waals surface area contributed by atoms with Crippen molar-refractivity contribution in [3.8, 4) is 11.5 Å². The second-order valence-corrected chi connectivity index (χ2v) is 4.14. The summed E-state index contributed by atoms with van der Waals surface area (Å²) < 4.78 is 0. The van der Waals surface area contributed by atoms with Gasteiger partial charge >= 0.3 is 0 Å². The van der Waals surface area contributed by atoms with Gasteiger partial charge in [-0.15, -0.1) is 0 Å². The third-order valence-electron chi connectivity index (χ3n) is 2.59. The number of phenolic OH excluding ortho intramolecular Hbond substituents is 2. The Balaban J connectivity index is 0.000000163. The first kappa shape index (κ1) is 12.9. The third kappa shape index (κ3) is 3.45. The highest BCUT2D eigenvalue weighted by molar-refractivity contribution is 5.84. The van der Waals surface area contributed by atoms with Crippen LogP contribution in [0.3, 0.4) is 0 Å². The number of rotatable bonds is 0. The summed E-state index contributed by atoms with van der Waals surface area (Å²) >= 11 is 0. The topological polar surface area (TPSA) is 53.4 Å². The van der Waals surface area contributed by atoms with Gasteiger partial charge in [0.25, 0.3) is 0 Å². The number of aryl methyl sites for hydroxylation is 1. The number of benzene rings is 2. The number of para-hydroxylation sites is 2. The van der Waals surface area contributed by atoms with E-state index in [-0.39, 0.29) is 5.75 Å². The van der Waals surface area contributed by atoms with E-state index in [1.165, 1.54) is 0 Å². The van der Waals surface area contributed by atoms with E-state index in [2.05, 4.69) is 4.98 Å². The van der Waals surface area contributed by atoms with E-state index < -0.39 is 0 Å². The van der Waals surface area contributed by atoms with Crippen LogP contribution in [0.1, 0.15) is 5.69 Å². The molecule has 0 unspecified atom stereocenters. The van der Waals surface area contributed by atoms with E-state index >= 15 is 0 Å². The van der Waals surface area contributed by atoms with Crippen LogP contribution in [-0.2, 0) is 0 Å². The van der Waals surface area contributed by atoms with Gasteiger partial charge in [-0.3, -0.25) is 0 Å². The van der Waals surface area contributed by atoms with Crippen LogP contribution in [0.5, 0.6) is 11.5 Å². The van der Waals surface area contributed by atoms with E-state index in [1.807, 2.05) is 37.3 Å². The second kappa shape index (κ2) is 5.87. The quantitative estimate of drug-likeness (QED) is 0.643. The van der Waals surface area contributed by atoms with Crippen LogP contribution in [0.25, 0.3) is 10.9 Å². The average Bonchev–Trinajstić information content (AvgIpc) is 2.41. The summed E-state index contributed by atoms with van der Waals surface area (Å²) in [5, 5.41) is 19.0. The Hall–Kier alpha value is -2.55. The lowest BCUT2D eigenvalue weighted by atomic mass is 10.2. The van der Waals surface area contributed by atoms with Crippen LogP contribution in [-0.4, -0.2) is 15.2 Å². The molecule has 0 fully saturated rings. The summed E-state index contributed by atoms with van der Waals surface area (Å²) in [5.74, 6) is 0.568. The summed E-state index contributed by atoms with van der Waals surface area (Å²) in [6.07, 6.45) is 0. The van der Waals surface area contributed by atoms with Gasteiger partial charge in [0.2, 0.25) is 0 Å². The molecular formula is C16H15NO2. The molecule has 0 saturated heterocycles. The van der Waals surface area contributed by atoms with Gasteiger partial charge in [-0.25, -0.2) is 4.98 Å². The molecule has 0 aliphatic heterocycles. The molecule has 1 heterocycles. The monoisotopic (exact) mass is 253 g/mol. The molecule has 3 aromatic rings. The minimum absolute atomic E-state index is 0.246. The molecule has 1 aromatic heterocycles. The van der Waals surface area contributed by atoms with Gasteiger partial charge in [0.1, 0.15) is 17.0 Å². The lowest BCUT2D eigenvalue weighted by Gasteiger charge is -1.99. The number of phenols is 2. The first-order valence-corrected chi connectivity index (χ1v) is 5.96. The average molecular weight is 253 g/mol. The van der Waals surface area contributed by atoms with Crippen molar-refractivity contribution in [2.45, 2.75) is 6.92 Å². The fourth-order valence-corrected chi connectivity index (χ4v) is 1.66. The smallest absolute Gasteiger partial charge is 0.141 e. The summed E-state index contributed by atoms with van der Waals surface area (Å²) in [5.41, 5.74) is 1.60. The van der Waals surface area contributed by atoms with E-state index in [1.54, 1.807) is 30.3 Å².